The molecule has 82 valence electrons. The number of anilines is 1. The summed E-state index contributed by atoms with van der Waals surface area (Å²) in [6, 6.07) is 4.70. The van der Waals surface area contributed by atoms with Crippen LogP contribution in [-0.2, 0) is 4.79 Å². The van der Waals surface area contributed by atoms with E-state index in [2.05, 4.69) is 5.32 Å². The van der Waals surface area contributed by atoms with E-state index in [1.807, 2.05) is 0 Å². The normalized spacial score (nSPS) is 11.3. The van der Waals surface area contributed by atoms with Crippen LogP contribution in [0.25, 0.3) is 0 Å². The zero-order valence-electron chi connectivity index (χ0n) is 8.34. The first-order chi connectivity index (χ1) is 6.80. The van der Waals surface area contributed by atoms with E-state index in [0.29, 0.717) is 15.7 Å². The molecule has 0 saturated carbocycles. The number of halogens is 2. The van der Waals surface area contributed by atoms with Crippen molar-refractivity contribution in [2.75, 3.05) is 5.32 Å². The summed E-state index contributed by atoms with van der Waals surface area (Å²) in [7, 11) is 0. The summed E-state index contributed by atoms with van der Waals surface area (Å²) in [5, 5.41) is 12.7. The number of hydrogen-bond acceptors (Lipinski definition) is 2. The van der Waals surface area contributed by atoms with Crippen LogP contribution >= 0.6 is 23.2 Å². The van der Waals surface area contributed by atoms with Crippen LogP contribution in [-0.4, -0.2) is 16.6 Å². The minimum Gasteiger partial charge on any atom is -0.381 e. The smallest absolute Gasteiger partial charge is 0.255 e. The summed E-state index contributed by atoms with van der Waals surface area (Å²) in [5.41, 5.74) is -0.928. The number of rotatable bonds is 2. The number of carbonyl (C=O) groups is 1. The predicted molar refractivity (Wildman–Crippen MR) is 61.4 cm³/mol. The van der Waals surface area contributed by atoms with Gasteiger partial charge < -0.3 is 10.4 Å². The maximum absolute atomic E-state index is 11.4. The largest absolute Gasteiger partial charge is 0.381 e. The van der Waals surface area contributed by atoms with Crippen LogP contribution in [0.15, 0.2) is 18.2 Å². The number of nitrogens with one attached hydrogen (secondary N) is 1. The van der Waals surface area contributed by atoms with Crippen molar-refractivity contribution in [1.82, 2.24) is 0 Å². The van der Waals surface area contributed by atoms with Crippen molar-refractivity contribution in [3.05, 3.63) is 28.2 Å². The van der Waals surface area contributed by atoms with Crippen LogP contribution in [0.4, 0.5) is 5.69 Å². The van der Waals surface area contributed by atoms with E-state index in [1.54, 1.807) is 12.1 Å². The number of benzene rings is 1. The molecule has 0 aliphatic carbocycles. The average molecular weight is 248 g/mol. The summed E-state index contributed by atoms with van der Waals surface area (Å²) in [6.45, 7) is 2.81. The van der Waals surface area contributed by atoms with Crippen LogP contribution in [0.1, 0.15) is 13.8 Å². The molecule has 0 radical (unpaired) electrons. The summed E-state index contributed by atoms with van der Waals surface area (Å²) in [6.07, 6.45) is 0. The van der Waals surface area contributed by atoms with Gasteiger partial charge in [-0.1, -0.05) is 23.2 Å². The quantitative estimate of drug-likeness (QED) is 0.845. The lowest BCUT2D eigenvalue weighted by atomic mass is 10.1. The molecule has 15 heavy (non-hydrogen) atoms. The fraction of sp³-hybridized carbons (Fsp3) is 0.300. The monoisotopic (exact) mass is 247 g/mol. The third kappa shape index (κ3) is 3.38. The van der Waals surface area contributed by atoms with Gasteiger partial charge in [0, 0.05) is 5.69 Å². The Labute approximate surface area is 98.0 Å². The van der Waals surface area contributed by atoms with Crippen molar-refractivity contribution >= 4 is 34.8 Å². The van der Waals surface area contributed by atoms with E-state index in [-0.39, 0.29) is 0 Å². The van der Waals surface area contributed by atoms with Gasteiger partial charge >= 0.3 is 0 Å². The molecule has 0 unspecified atom stereocenters. The molecule has 0 bridgehead atoms. The molecule has 2 N–H and O–H groups in total. The van der Waals surface area contributed by atoms with Crippen LogP contribution in [0.2, 0.25) is 10.0 Å². The molecule has 3 nitrogen and oxygen atoms in total. The van der Waals surface area contributed by atoms with Crippen molar-refractivity contribution in [3.63, 3.8) is 0 Å². The Hall–Kier alpha value is -0.770. The molecule has 1 aromatic carbocycles. The first-order valence-electron chi connectivity index (χ1n) is 4.29. The van der Waals surface area contributed by atoms with Crippen molar-refractivity contribution in [3.8, 4) is 0 Å². The number of amides is 1. The lowest BCUT2D eigenvalue weighted by Gasteiger charge is -2.16. The average Bonchev–Trinajstić information content (AvgIpc) is 2.10. The molecule has 5 heteroatoms. The predicted octanol–water partition coefficient (Wildman–Crippen LogP) is 2.70. The molecular weight excluding hydrogens is 237 g/mol. The number of aliphatic hydroxyl groups is 1. The van der Waals surface area contributed by atoms with Gasteiger partial charge in [-0.2, -0.15) is 0 Å². The summed E-state index contributed by atoms with van der Waals surface area (Å²) in [5.74, 6) is -0.499. The van der Waals surface area contributed by atoms with Crippen LogP contribution < -0.4 is 5.32 Å². The van der Waals surface area contributed by atoms with Gasteiger partial charge in [-0.3, -0.25) is 4.79 Å². The minimum atomic E-state index is -1.42. The van der Waals surface area contributed by atoms with E-state index >= 15 is 0 Å². The molecule has 0 fully saturated rings. The highest BCUT2D eigenvalue weighted by Gasteiger charge is 2.23. The second kappa shape index (κ2) is 4.39. The second-order valence-electron chi connectivity index (χ2n) is 3.64. The maximum atomic E-state index is 11.4. The second-order valence-corrected chi connectivity index (χ2v) is 4.46. The maximum Gasteiger partial charge on any atom is 0.255 e. The molecule has 0 aliphatic heterocycles. The van der Waals surface area contributed by atoms with Gasteiger partial charge in [-0.05, 0) is 32.0 Å². The van der Waals surface area contributed by atoms with Gasteiger partial charge in [-0.25, -0.2) is 0 Å². The Kier molecular flexibility index (Phi) is 3.60. The van der Waals surface area contributed by atoms with E-state index in [0.717, 1.165) is 0 Å². The van der Waals surface area contributed by atoms with E-state index in [9.17, 15) is 9.90 Å². The summed E-state index contributed by atoms with van der Waals surface area (Å²) < 4.78 is 0. The Balaban J connectivity index is 2.83. The van der Waals surface area contributed by atoms with Crippen molar-refractivity contribution in [2.45, 2.75) is 19.4 Å². The lowest BCUT2D eigenvalue weighted by Crippen LogP contribution is -2.36. The van der Waals surface area contributed by atoms with Gasteiger partial charge in [0.15, 0.2) is 0 Å². The van der Waals surface area contributed by atoms with Gasteiger partial charge in [0.25, 0.3) is 5.91 Å². The SMILES string of the molecule is CC(C)(O)C(=O)Nc1ccc(Cl)c(Cl)c1. The highest BCUT2D eigenvalue weighted by molar-refractivity contribution is 6.42. The van der Waals surface area contributed by atoms with Gasteiger partial charge in [0.2, 0.25) is 0 Å². The zero-order valence-corrected chi connectivity index (χ0v) is 9.86. The Morgan fingerprint density at radius 2 is 1.93 bits per heavy atom. The minimum absolute atomic E-state index is 0.352. The Morgan fingerprint density at radius 3 is 2.40 bits per heavy atom. The molecule has 0 saturated heterocycles. The number of carbonyl (C=O) groups excluding carboxylic acids is 1. The van der Waals surface area contributed by atoms with E-state index < -0.39 is 11.5 Å². The molecular formula is C10H11Cl2NO2. The summed E-state index contributed by atoms with van der Waals surface area (Å²) in [4.78, 5) is 11.4. The molecule has 1 rings (SSSR count). The standard InChI is InChI=1S/C10H11Cl2NO2/c1-10(2,15)9(14)13-6-3-4-7(11)8(12)5-6/h3-5,15H,1-2H3,(H,13,14). The van der Waals surface area contributed by atoms with E-state index in [4.69, 9.17) is 23.2 Å². The number of hydrogen-bond donors (Lipinski definition) is 2. The van der Waals surface area contributed by atoms with Crippen molar-refractivity contribution < 1.29 is 9.90 Å². The molecule has 0 spiro atoms. The molecule has 0 atom stereocenters. The van der Waals surface area contributed by atoms with Crippen LogP contribution in [0, 0.1) is 0 Å². The van der Waals surface area contributed by atoms with Crippen molar-refractivity contribution in [1.29, 1.82) is 0 Å². The molecule has 0 aromatic heterocycles. The molecule has 1 amide bonds. The molecule has 0 aliphatic rings. The van der Waals surface area contributed by atoms with Gasteiger partial charge in [-0.15, -0.1) is 0 Å². The lowest BCUT2D eigenvalue weighted by molar-refractivity contribution is -0.130. The summed E-state index contributed by atoms with van der Waals surface area (Å²) >= 11 is 11.5. The molecule has 1 aromatic rings. The van der Waals surface area contributed by atoms with Gasteiger partial charge in [0.05, 0.1) is 10.0 Å². The third-order valence-corrected chi connectivity index (χ3v) is 2.47. The Morgan fingerprint density at radius 1 is 1.33 bits per heavy atom. The third-order valence-electron chi connectivity index (χ3n) is 1.73. The zero-order chi connectivity index (χ0) is 11.6. The Bertz CT molecular complexity index is 385. The van der Waals surface area contributed by atoms with Gasteiger partial charge in [0.1, 0.15) is 5.60 Å². The van der Waals surface area contributed by atoms with Crippen LogP contribution in [0.3, 0.4) is 0 Å². The first-order valence-corrected chi connectivity index (χ1v) is 5.05. The first kappa shape index (κ1) is 12.3. The topological polar surface area (TPSA) is 49.3 Å². The fourth-order valence-electron chi connectivity index (χ4n) is 0.858. The van der Waals surface area contributed by atoms with E-state index in [1.165, 1.54) is 19.9 Å². The highest BCUT2D eigenvalue weighted by Crippen LogP contribution is 2.25. The fourth-order valence-corrected chi connectivity index (χ4v) is 1.16. The highest BCUT2D eigenvalue weighted by atomic mass is 35.5. The molecule has 0 heterocycles. The van der Waals surface area contributed by atoms with Crippen LogP contribution in [0.5, 0.6) is 0 Å². The van der Waals surface area contributed by atoms with Crippen molar-refractivity contribution in [2.24, 2.45) is 0 Å².